The number of aryl methyl sites for hydroxylation is 1. The number of hydrogen-bond donors (Lipinski definition) is 0. The van der Waals surface area contributed by atoms with Crippen molar-refractivity contribution in [1.82, 2.24) is 9.55 Å². The molecule has 24 heavy (non-hydrogen) atoms. The Labute approximate surface area is 144 Å². The largest absolute Gasteiger partial charge is 0.304 e. The first-order valence-corrected chi connectivity index (χ1v) is 8.80. The topological polar surface area (TPSA) is 17.8 Å². The highest BCUT2D eigenvalue weighted by Crippen LogP contribution is 2.46. The minimum atomic E-state index is 0.185. The van der Waals surface area contributed by atoms with Gasteiger partial charge in [-0.1, -0.05) is 56.3 Å². The van der Waals surface area contributed by atoms with Crippen LogP contribution in [0.2, 0.25) is 0 Å². The summed E-state index contributed by atoms with van der Waals surface area (Å²) in [7, 11) is 0. The molecule has 1 aliphatic carbocycles. The Morgan fingerprint density at radius 2 is 1.79 bits per heavy atom. The maximum absolute atomic E-state index is 4.67. The molecule has 0 fully saturated rings. The van der Waals surface area contributed by atoms with Crippen LogP contribution < -0.4 is 0 Å². The highest BCUT2D eigenvalue weighted by Gasteiger charge is 2.36. The number of para-hydroxylation sites is 1. The average molecular weight is 316 g/mol. The number of imidazole rings is 1. The van der Waals surface area contributed by atoms with Crippen molar-refractivity contribution < 1.29 is 0 Å². The average Bonchev–Trinajstić information content (AvgIpc) is 3.22. The number of nitrogens with zero attached hydrogens (tertiary/aromatic N) is 2. The maximum atomic E-state index is 4.67. The van der Waals surface area contributed by atoms with Crippen LogP contribution >= 0.6 is 0 Å². The minimum Gasteiger partial charge on any atom is -0.304 e. The molecule has 0 radical (unpaired) electrons. The summed E-state index contributed by atoms with van der Waals surface area (Å²) in [6, 6.07) is 19.4. The highest BCUT2D eigenvalue weighted by molar-refractivity contribution is 5.37. The molecule has 122 valence electrons. The summed E-state index contributed by atoms with van der Waals surface area (Å²) in [6.45, 7) is 4.79. The zero-order chi connectivity index (χ0) is 16.6. The first-order valence-electron chi connectivity index (χ1n) is 8.80. The second-order valence-electron chi connectivity index (χ2n) is 7.50. The van der Waals surface area contributed by atoms with Crippen LogP contribution in [0.15, 0.2) is 67.0 Å². The molecule has 0 saturated carbocycles. The summed E-state index contributed by atoms with van der Waals surface area (Å²) in [4.78, 5) is 4.67. The summed E-state index contributed by atoms with van der Waals surface area (Å²) < 4.78 is 2.22. The van der Waals surface area contributed by atoms with Gasteiger partial charge in [-0.15, -0.1) is 0 Å². The fourth-order valence-corrected chi connectivity index (χ4v) is 4.19. The molecular weight excluding hydrogens is 292 g/mol. The molecule has 2 nitrogen and oxygen atoms in total. The van der Waals surface area contributed by atoms with Gasteiger partial charge in [-0.05, 0) is 47.4 Å². The van der Waals surface area contributed by atoms with E-state index in [9.17, 15) is 0 Å². The van der Waals surface area contributed by atoms with Crippen LogP contribution in [0, 0.1) is 5.41 Å². The Bertz CT molecular complexity index is 830. The summed E-state index contributed by atoms with van der Waals surface area (Å²) in [6.07, 6.45) is 7.42. The highest BCUT2D eigenvalue weighted by atomic mass is 15.1. The molecular formula is C22H24N2. The van der Waals surface area contributed by atoms with Crippen LogP contribution in [-0.2, 0) is 12.8 Å². The molecule has 0 N–H and O–H groups in total. The van der Waals surface area contributed by atoms with Gasteiger partial charge in [-0.2, -0.15) is 0 Å². The van der Waals surface area contributed by atoms with E-state index in [1.54, 1.807) is 5.56 Å². The molecule has 0 amide bonds. The third-order valence-corrected chi connectivity index (χ3v) is 5.44. The number of rotatable bonds is 4. The smallest absolute Gasteiger partial charge is 0.113 e. The summed E-state index contributed by atoms with van der Waals surface area (Å²) in [5, 5.41) is 0. The van der Waals surface area contributed by atoms with E-state index < -0.39 is 0 Å². The van der Waals surface area contributed by atoms with E-state index in [0.717, 1.165) is 12.2 Å². The fourth-order valence-electron chi connectivity index (χ4n) is 4.19. The molecule has 0 aliphatic heterocycles. The van der Waals surface area contributed by atoms with Gasteiger partial charge in [0.05, 0.1) is 0 Å². The van der Waals surface area contributed by atoms with Crippen LogP contribution in [0.5, 0.6) is 0 Å². The molecule has 0 spiro atoms. The van der Waals surface area contributed by atoms with E-state index in [1.165, 1.54) is 24.1 Å². The molecule has 0 saturated heterocycles. The van der Waals surface area contributed by atoms with Crippen molar-refractivity contribution in [1.29, 1.82) is 0 Å². The molecule has 2 aromatic carbocycles. The summed E-state index contributed by atoms with van der Waals surface area (Å²) >= 11 is 0. The van der Waals surface area contributed by atoms with Crippen molar-refractivity contribution in [3.63, 3.8) is 0 Å². The standard InChI is InChI=1S/C22H24N2/c1-22(2,20-13-12-17-8-6-7-11-19(17)20)16-21-23-14-15-24(21)18-9-4-3-5-10-18/h3-11,14-15,20H,12-13,16H2,1-2H3. The number of hydrogen-bond acceptors (Lipinski definition) is 1. The number of aromatic nitrogens is 2. The Hall–Kier alpha value is -2.35. The van der Waals surface area contributed by atoms with E-state index in [0.29, 0.717) is 5.92 Å². The van der Waals surface area contributed by atoms with Crippen LogP contribution in [0.1, 0.15) is 43.1 Å². The van der Waals surface area contributed by atoms with E-state index in [-0.39, 0.29) is 5.41 Å². The predicted octanol–water partition coefficient (Wildman–Crippen LogP) is 5.17. The SMILES string of the molecule is CC(C)(Cc1nccn1-c1ccccc1)C1CCc2ccccc21. The van der Waals surface area contributed by atoms with E-state index in [4.69, 9.17) is 0 Å². The Balaban J connectivity index is 1.63. The van der Waals surface area contributed by atoms with Gasteiger partial charge in [0.15, 0.2) is 0 Å². The van der Waals surface area contributed by atoms with Gasteiger partial charge in [-0.25, -0.2) is 4.98 Å². The first-order chi connectivity index (χ1) is 11.6. The lowest BCUT2D eigenvalue weighted by Crippen LogP contribution is -2.25. The quantitative estimate of drug-likeness (QED) is 0.649. The van der Waals surface area contributed by atoms with Crippen molar-refractivity contribution in [2.75, 3.05) is 0 Å². The van der Waals surface area contributed by atoms with Crippen molar-refractivity contribution in [2.45, 2.75) is 39.0 Å². The molecule has 1 aliphatic rings. The lowest BCUT2D eigenvalue weighted by Gasteiger charge is -2.32. The molecule has 4 rings (SSSR count). The Morgan fingerprint density at radius 1 is 1.04 bits per heavy atom. The number of benzene rings is 2. The summed E-state index contributed by atoms with van der Waals surface area (Å²) in [5.74, 6) is 1.75. The van der Waals surface area contributed by atoms with Crippen LogP contribution in [0.3, 0.4) is 0 Å². The third-order valence-electron chi connectivity index (χ3n) is 5.44. The zero-order valence-corrected chi connectivity index (χ0v) is 14.4. The minimum absolute atomic E-state index is 0.185. The molecule has 3 aromatic rings. The van der Waals surface area contributed by atoms with Crippen LogP contribution in [0.25, 0.3) is 5.69 Å². The zero-order valence-electron chi connectivity index (χ0n) is 14.4. The number of fused-ring (bicyclic) bond motifs is 1. The molecule has 2 heteroatoms. The normalized spacial score (nSPS) is 17.0. The van der Waals surface area contributed by atoms with Crippen molar-refractivity contribution >= 4 is 0 Å². The van der Waals surface area contributed by atoms with Gasteiger partial charge in [0.2, 0.25) is 0 Å². The van der Waals surface area contributed by atoms with Crippen molar-refractivity contribution in [3.8, 4) is 5.69 Å². The van der Waals surface area contributed by atoms with Gasteiger partial charge in [0.25, 0.3) is 0 Å². The van der Waals surface area contributed by atoms with Gasteiger partial charge in [-0.3, -0.25) is 0 Å². The molecule has 1 unspecified atom stereocenters. The monoisotopic (exact) mass is 316 g/mol. The molecule has 1 heterocycles. The Morgan fingerprint density at radius 3 is 2.62 bits per heavy atom. The summed E-state index contributed by atoms with van der Waals surface area (Å²) in [5.41, 5.74) is 4.44. The van der Waals surface area contributed by atoms with Gasteiger partial charge in [0.1, 0.15) is 5.82 Å². The Kier molecular flexibility index (Phi) is 3.76. The first kappa shape index (κ1) is 15.2. The van der Waals surface area contributed by atoms with E-state index in [1.807, 2.05) is 6.20 Å². The fraction of sp³-hybridized carbons (Fsp3) is 0.318. The van der Waals surface area contributed by atoms with Gasteiger partial charge < -0.3 is 4.57 Å². The van der Waals surface area contributed by atoms with Crippen molar-refractivity contribution in [3.05, 3.63) is 83.9 Å². The van der Waals surface area contributed by atoms with Gasteiger partial charge in [0, 0.05) is 24.5 Å². The third kappa shape index (κ3) is 2.66. The predicted molar refractivity (Wildman–Crippen MR) is 98.6 cm³/mol. The maximum Gasteiger partial charge on any atom is 0.113 e. The lowest BCUT2D eigenvalue weighted by molar-refractivity contribution is 0.274. The van der Waals surface area contributed by atoms with E-state index >= 15 is 0 Å². The molecule has 0 bridgehead atoms. The van der Waals surface area contributed by atoms with Crippen LogP contribution in [0.4, 0.5) is 0 Å². The van der Waals surface area contributed by atoms with E-state index in [2.05, 4.69) is 84.2 Å². The van der Waals surface area contributed by atoms with Crippen LogP contribution in [-0.4, -0.2) is 9.55 Å². The van der Waals surface area contributed by atoms with Crippen molar-refractivity contribution in [2.24, 2.45) is 5.41 Å². The second kappa shape index (κ2) is 5.94. The van der Waals surface area contributed by atoms with Gasteiger partial charge >= 0.3 is 0 Å². The molecule has 1 aromatic heterocycles. The second-order valence-corrected chi connectivity index (χ2v) is 7.50. The lowest BCUT2D eigenvalue weighted by atomic mass is 9.73. The molecule has 1 atom stereocenters.